The molecule has 0 radical (unpaired) electrons. The fourth-order valence-electron chi connectivity index (χ4n) is 1.68. The summed E-state index contributed by atoms with van der Waals surface area (Å²) in [5.74, 6) is -0.494. The first-order valence-corrected chi connectivity index (χ1v) is 8.49. The second-order valence-corrected chi connectivity index (χ2v) is 5.94. The van der Waals surface area contributed by atoms with E-state index in [9.17, 15) is 14.4 Å². The third-order valence-electron chi connectivity index (χ3n) is 2.76. The zero-order chi connectivity index (χ0) is 17.1. The van der Waals surface area contributed by atoms with Gasteiger partial charge in [-0.15, -0.1) is 11.8 Å². The van der Waals surface area contributed by atoms with E-state index in [1.807, 2.05) is 26.0 Å². The van der Waals surface area contributed by atoms with E-state index in [1.165, 1.54) is 11.8 Å². The lowest BCUT2D eigenvalue weighted by atomic mass is 10.2. The fraction of sp³-hybridized carbons (Fsp3) is 0.438. The second kappa shape index (κ2) is 10.7. The zero-order valence-corrected chi connectivity index (χ0v) is 14.2. The number of rotatable bonds is 9. The maximum Gasteiger partial charge on any atom is 0.339 e. The molecule has 126 valence electrons. The molecule has 0 unspecified atom stereocenters. The Kier molecular flexibility index (Phi) is 8.82. The molecular formula is C16H22N2O4S. The molecular weight excluding hydrogens is 316 g/mol. The van der Waals surface area contributed by atoms with Gasteiger partial charge < -0.3 is 15.4 Å². The van der Waals surface area contributed by atoms with Gasteiger partial charge in [0.15, 0.2) is 6.61 Å². The van der Waals surface area contributed by atoms with Gasteiger partial charge in [-0.3, -0.25) is 9.59 Å². The highest BCUT2D eigenvalue weighted by atomic mass is 32.2. The fourth-order valence-corrected chi connectivity index (χ4v) is 2.47. The maximum absolute atomic E-state index is 12.0. The molecule has 0 fully saturated rings. The monoisotopic (exact) mass is 338 g/mol. The average molecular weight is 338 g/mol. The van der Waals surface area contributed by atoms with Crippen LogP contribution in [0.5, 0.6) is 0 Å². The standard InChI is InChI=1S/C16H22N2O4S/c1-3-9-17-14(19)10-18-15(20)11-22-16(21)12-7-5-6-8-13(12)23-4-2/h5-8H,3-4,9-11H2,1-2H3,(H,17,19)(H,18,20). The highest BCUT2D eigenvalue weighted by Gasteiger charge is 2.14. The Labute approximate surface area is 140 Å². The van der Waals surface area contributed by atoms with E-state index in [4.69, 9.17) is 4.74 Å². The molecule has 0 aliphatic heterocycles. The number of carbonyl (C=O) groups excluding carboxylic acids is 3. The summed E-state index contributed by atoms with van der Waals surface area (Å²) in [4.78, 5) is 35.8. The minimum Gasteiger partial charge on any atom is -0.452 e. The molecule has 7 heteroatoms. The molecule has 0 spiro atoms. The normalized spacial score (nSPS) is 10.0. The Morgan fingerprint density at radius 3 is 2.52 bits per heavy atom. The van der Waals surface area contributed by atoms with Gasteiger partial charge in [0.2, 0.25) is 5.91 Å². The van der Waals surface area contributed by atoms with Crippen LogP contribution in [0.3, 0.4) is 0 Å². The van der Waals surface area contributed by atoms with Crippen LogP contribution in [0.15, 0.2) is 29.2 Å². The third-order valence-corrected chi connectivity index (χ3v) is 3.72. The first-order chi connectivity index (χ1) is 11.1. The number of nitrogens with one attached hydrogen (secondary N) is 2. The van der Waals surface area contributed by atoms with Crippen LogP contribution in [0, 0.1) is 0 Å². The van der Waals surface area contributed by atoms with E-state index >= 15 is 0 Å². The number of ether oxygens (including phenoxy) is 1. The highest BCUT2D eigenvalue weighted by molar-refractivity contribution is 7.99. The van der Waals surface area contributed by atoms with Crippen LogP contribution in [-0.4, -0.2) is 43.2 Å². The van der Waals surface area contributed by atoms with Crippen LogP contribution in [0.1, 0.15) is 30.6 Å². The van der Waals surface area contributed by atoms with Gasteiger partial charge in [0, 0.05) is 11.4 Å². The molecule has 0 aliphatic carbocycles. The molecule has 0 aromatic heterocycles. The zero-order valence-electron chi connectivity index (χ0n) is 13.4. The van der Waals surface area contributed by atoms with Crippen molar-refractivity contribution < 1.29 is 19.1 Å². The Morgan fingerprint density at radius 2 is 1.83 bits per heavy atom. The summed E-state index contributed by atoms with van der Waals surface area (Å²) in [7, 11) is 0. The molecule has 23 heavy (non-hydrogen) atoms. The molecule has 1 aromatic carbocycles. The van der Waals surface area contributed by atoms with E-state index in [1.54, 1.807) is 12.1 Å². The molecule has 0 aliphatic rings. The lowest BCUT2D eigenvalue weighted by Crippen LogP contribution is -2.38. The predicted octanol–water partition coefficient (Wildman–Crippen LogP) is 1.60. The molecule has 0 atom stereocenters. The number of esters is 1. The van der Waals surface area contributed by atoms with Crippen LogP contribution in [0.25, 0.3) is 0 Å². The Bertz CT molecular complexity index is 549. The van der Waals surface area contributed by atoms with E-state index in [2.05, 4.69) is 10.6 Å². The Balaban J connectivity index is 2.41. The Morgan fingerprint density at radius 1 is 1.09 bits per heavy atom. The summed E-state index contributed by atoms with van der Waals surface area (Å²) >= 11 is 1.53. The lowest BCUT2D eigenvalue weighted by molar-refractivity contribution is -0.127. The SMILES string of the molecule is CCCNC(=O)CNC(=O)COC(=O)c1ccccc1SCC. The molecule has 2 amide bonds. The van der Waals surface area contributed by atoms with Crippen molar-refractivity contribution >= 4 is 29.5 Å². The number of amides is 2. The number of thioether (sulfide) groups is 1. The molecule has 2 N–H and O–H groups in total. The molecule has 0 heterocycles. The number of benzene rings is 1. The predicted molar refractivity (Wildman–Crippen MR) is 89.4 cm³/mol. The van der Waals surface area contributed by atoms with Gasteiger partial charge in [0.25, 0.3) is 5.91 Å². The average Bonchev–Trinajstić information content (AvgIpc) is 2.56. The van der Waals surface area contributed by atoms with Crippen LogP contribution in [0.2, 0.25) is 0 Å². The van der Waals surface area contributed by atoms with Gasteiger partial charge in [0.05, 0.1) is 12.1 Å². The maximum atomic E-state index is 12.0. The number of hydrogen-bond donors (Lipinski definition) is 2. The van der Waals surface area contributed by atoms with Crippen LogP contribution < -0.4 is 10.6 Å². The van der Waals surface area contributed by atoms with Crippen molar-refractivity contribution in [1.29, 1.82) is 0 Å². The molecule has 1 aromatic rings. The van der Waals surface area contributed by atoms with Gasteiger partial charge >= 0.3 is 5.97 Å². The summed E-state index contributed by atoms with van der Waals surface area (Å²) < 4.78 is 4.99. The number of hydrogen-bond acceptors (Lipinski definition) is 5. The van der Waals surface area contributed by atoms with Crippen molar-refractivity contribution in [3.8, 4) is 0 Å². The highest BCUT2D eigenvalue weighted by Crippen LogP contribution is 2.22. The van der Waals surface area contributed by atoms with Crippen molar-refractivity contribution in [2.24, 2.45) is 0 Å². The van der Waals surface area contributed by atoms with E-state index < -0.39 is 18.5 Å². The topological polar surface area (TPSA) is 84.5 Å². The van der Waals surface area contributed by atoms with E-state index in [0.717, 1.165) is 17.1 Å². The minimum absolute atomic E-state index is 0.126. The van der Waals surface area contributed by atoms with Crippen molar-refractivity contribution in [3.63, 3.8) is 0 Å². The smallest absolute Gasteiger partial charge is 0.339 e. The second-order valence-electron chi connectivity index (χ2n) is 4.63. The summed E-state index contributed by atoms with van der Waals surface area (Å²) in [5.41, 5.74) is 0.438. The minimum atomic E-state index is -0.549. The molecule has 0 bridgehead atoms. The molecule has 0 saturated carbocycles. The summed E-state index contributed by atoms with van der Waals surface area (Å²) in [6.45, 7) is 3.95. The van der Waals surface area contributed by atoms with E-state index in [0.29, 0.717) is 12.1 Å². The van der Waals surface area contributed by atoms with Gasteiger partial charge in [-0.2, -0.15) is 0 Å². The van der Waals surface area contributed by atoms with Gasteiger partial charge in [0.1, 0.15) is 0 Å². The summed E-state index contributed by atoms with van der Waals surface area (Å²) in [6, 6.07) is 7.09. The molecule has 0 saturated heterocycles. The number of carbonyl (C=O) groups is 3. The Hall–Kier alpha value is -2.02. The first-order valence-electron chi connectivity index (χ1n) is 7.50. The third kappa shape index (κ3) is 7.19. The van der Waals surface area contributed by atoms with Crippen LogP contribution in [-0.2, 0) is 14.3 Å². The lowest BCUT2D eigenvalue weighted by Gasteiger charge is -2.09. The summed E-state index contributed by atoms with van der Waals surface area (Å²) in [6.07, 6.45) is 0.826. The quantitative estimate of drug-likeness (QED) is 0.528. The van der Waals surface area contributed by atoms with Crippen molar-refractivity contribution in [2.75, 3.05) is 25.4 Å². The van der Waals surface area contributed by atoms with Gasteiger partial charge in [-0.05, 0) is 24.3 Å². The van der Waals surface area contributed by atoms with Crippen molar-refractivity contribution in [2.45, 2.75) is 25.2 Å². The van der Waals surface area contributed by atoms with Gasteiger partial charge in [-0.25, -0.2) is 4.79 Å². The van der Waals surface area contributed by atoms with Crippen molar-refractivity contribution in [3.05, 3.63) is 29.8 Å². The van der Waals surface area contributed by atoms with Crippen LogP contribution in [0.4, 0.5) is 0 Å². The summed E-state index contributed by atoms with van der Waals surface area (Å²) in [5, 5.41) is 5.04. The van der Waals surface area contributed by atoms with Gasteiger partial charge in [-0.1, -0.05) is 26.0 Å². The molecule has 6 nitrogen and oxygen atoms in total. The van der Waals surface area contributed by atoms with Crippen molar-refractivity contribution in [1.82, 2.24) is 10.6 Å². The molecule has 1 rings (SSSR count). The van der Waals surface area contributed by atoms with E-state index in [-0.39, 0.29) is 12.5 Å². The van der Waals surface area contributed by atoms with Crippen LogP contribution >= 0.6 is 11.8 Å². The largest absolute Gasteiger partial charge is 0.452 e. The first kappa shape index (κ1) is 19.0.